The summed E-state index contributed by atoms with van der Waals surface area (Å²) in [6.07, 6.45) is 0. The maximum Gasteiger partial charge on any atom is 0.223 e. The molecule has 0 bridgehead atoms. The normalized spacial score (nSPS) is 9.62. The van der Waals surface area contributed by atoms with Crippen LogP contribution in [-0.2, 0) is 9.59 Å². The lowest BCUT2D eigenvalue weighted by atomic mass is 10.3. The highest BCUT2D eigenvalue weighted by molar-refractivity contribution is 5.91. The average molecular weight is 220 g/mol. The van der Waals surface area contributed by atoms with Crippen LogP contribution in [0.25, 0.3) is 0 Å². The minimum Gasteiger partial charge on any atom is -0.355 e. The maximum absolute atomic E-state index is 11.4. The Bertz CT molecular complexity index is 363. The number of hydrogen-bond acceptors (Lipinski definition) is 2. The van der Waals surface area contributed by atoms with E-state index >= 15 is 0 Å². The summed E-state index contributed by atoms with van der Waals surface area (Å²) >= 11 is 0. The monoisotopic (exact) mass is 220 g/mol. The van der Waals surface area contributed by atoms with Crippen molar-refractivity contribution in [2.45, 2.75) is 13.8 Å². The van der Waals surface area contributed by atoms with Crippen LogP contribution in [0.5, 0.6) is 0 Å². The Morgan fingerprint density at radius 3 is 2.31 bits per heavy atom. The molecule has 0 saturated heterocycles. The number of nitrogens with zero attached hydrogens (tertiary/aromatic N) is 1. The summed E-state index contributed by atoms with van der Waals surface area (Å²) in [6, 6.07) is 9.40. The number of nitrogens with one attached hydrogen (secondary N) is 1. The number of benzene rings is 1. The van der Waals surface area contributed by atoms with Crippen molar-refractivity contribution in [3.05, 3.63) is 30.3 Å². The fourth-order valence-electron chi connectivity index (χ4n) is 1.42. The van der Waals surface area contributed by atoms with Gasteiger partial charge in [-0.2, -0.15) is 0 Å². The van der Waals surface area contributed by atoms with Gasteiger partial charge in [0.1, 0.15) is 0 Å². The van der Waals surface area contributed by atoms with Gasteiger partial charge in [0.15, 0.2) is 0 Å². The molecule has 4 nitrogen and oxygen atoms in total. The summed E-state index contributed by atoms with van der Waals surface area (Å²) in [5.41, 5.74) is 0.848. The van der Waals surface area contributed by atoms with Crippen LogP contribution in [0.2, 0.25) is 0 Å². The molecular formula is C12H16N2O2. The lowest BCUT2D eigenvalue weighted by molar-refractivity contribution is -0.119. The van der Waals surface area contributed by atoms with Gasteiger partial charge in [0.2, 0.25) is 11.8 Å². The van der Waals surface area contributed by atoms with E-state index in [0.717, 1.165) is 5.69 Å². The summed E-state index contributed by atoms with van der Waals surface area (Å²) in [4.78, 5) is 23.8. The second-order valence-electron chi connectivity index (χ2n) is 3.49. The van der Waals surface area contributed by atoms with E-state index in [2.05, 4.69) is 5.32 Å². The number of hydrogen-bond donors (Lipinski definition) is 1. The molecular weight excluding hydrogens is 204 g/mol. The molecule has 0 aromatic heterocycles. The number of amides is 2. The highest BCUT2D eigenvalue weighted by Gasteiger charge is 2.10. The molecule has 0 aliphatic heterocycles. The van der Waals surface area contributed by atoms with E-state index in [1.54, 1.807) is 4.90 Å². The highest BCUT2D eigenvalue weighted by atomic mass is 16.2. The van der Waals surface area contributed by atoms with Crippen molar-refractivity contribution in [3.63, 3.8) is 0 Å². The predicted octanol–water partition coefficient (Wildman–Crippen LogP) is 1.18. The molecule has 0 spiro atoms. The van der Waals surface area contributed by atoms with Gasteiger partial charge in [-0.25, -0.2) is 0 Å². The molecule has 0 aliphatic carbocycles. The highest BCUT2D eigenvalue weighted by Crippen LogP contribution is 2.12. The number of carbonyl (C=O) groups excluding carboxylic acids is 2. The van der Waals surface area contributed by atoms with Crippen molar-refractivity contribution >= 4 is 17.5 Å². The molecule has 2 amide bonds. The summed E-state index contributed by atoms with van der Waals surface area (Å²) in [6.45, 7) is 3.92. The molecule has 0 saturated carbocycles. The minimum absolute atomic E-state index is 0.0310. The van der Waals surface area contributed by atoms with Crippen LogP contribution in [-0.4, -0.2) is 24.9 Å². The Morgan fingerprint density at radius 1 is 1.19 bits per heavy atom. The minimum atomic E-state index is -0.0865. The Balaban J connectivity index is 2.62. The molecule has 0 radical (unpaired) electrons. The van der Waals surface area contributed by atoms with Crippen LogP contribution < -0.4 is 10.2 Å². The van der Waals surface area contributed by atoms with Crippen LogP contribution in [0.3, 0.4) is 0 Å². The van der Waals surface area contributed by atoms with Gasteiger partial charge in [0.25, 0.3) is 0 Å². The summed E-state index contributed by atoms with van der Waals surface area (Å²) in [7, 11) is 0. The van der Waals surface area contributed by atoms with Crippen LogP contribution in [0.15, 0.2) is 30.3 Å². The number of carbonyl (C=O) groups is 2. The molecule has 1 aromatic rings. The van der Waals surface area contributed by atoms with E-state index in [1.165, 1.54) is 13.8 Å². The number of rotatable bonds is 4. The van der Waals surface area contributed by atoms with Crippen LogP contribution in [0.4, 0.5) is 5.69 Å². The van der Waals surface area contributed by atoms with Crippen LogP contribution in [0, 0.1) is 0 Å². The van der Waals surface area contributed by atoms with E-state index in [9.17, 15) is 9.59 Å². The van der Waals surface area contributed by atoms with Crippen molar-refractivity contribution < 1.29 is 9.59 Å². The standard InChI is InChI=1S/C12H16N2O2/c1-10(15)13-8-9-14(11(2)16)12-6-4-3-5-7-12/h3-7H,8-9H2,1-2H3,(H,13,15). The Hall–Kier alpha value is -1.84. The second-order valence-corrected chi connectivity index (χ2v) is 3.49. The maximum atomic E-state index is 11.4. The van der Waals surface area contributed by atoms with Gasteiger partial charge in [-0.15, -0.1) is 0 Å². The lowest BCUT2D eigenvalue weighted by Gasteiger charge is -2.21. The summed E-state index contributed by atoms with van der Waals surface area (Å²) in [5.74, 6) is -0.117. The molecule has 1 N–H and O–H groups in total. The van der Waals surface area contributed by atoms with Gasteiger partial charge in [0.05, 0.1) is 0 Å². The topological polar surface area (TPSA) is 49.4 Å². The molecule has 0 heterocycles. The summed E-state index contributed by atoms with van der Waals surface area (Å²) in [5, 5.41) is 2.67. The molecule has 0 unspecified atom stereocenters. The summed E-state index contributed by atoms with van der Waals surface area (Å²) < 4.78 is 0. The molecule has 16 heavy (non-hydrogen) atoms. The van der Waals surface area contributed by atoms with E-state index in [1.807, 2.05) is 30.3 Å². The zero-order chi connectivity index (χ0) is 12.0. The number of para-hydroxylation sites is 1. The van der Waals surface area contributed by atoms with E-state index < -0.39 is 0 Å². The average Bonchev–Trinajstić information content (AvgIpc) is 2.25. The Labute approximate surface area is 95.3 Å². The molecule has 4 heteroatoms. The third-order valence-corrected chi connectivity index (χ3v) is 2.16. The van der Waals surface area contributed by atoms with Crippen molar-refractivity contribution in [1.29, 1.82) is 0 Å². The van der Waals surface area contributed by atoms with E-state index in [-0.39, 0.29) is 11.8 Å². The zero-order valence-electron chi connectivity index (χ0n) is 9.56. The Morgan fingerprint density at radius 2 is 1.81 bits per heavy atom. The molecule has 86 valence electrons. The van der Waals surface area contributed by atoms with Gasteiger partial charge in [0, 0.05) is 32.6 Å². The molecule has 1 rings (SSSR count). The number of anilines is 1. The van der Waals surface area contributed by atoms with Crippen molar-refractivity contribution in [3.8, 4) is 0 Å². The quantitative estimate of drug-likeness (QED) is 0.828. The first kappa shape index (κ1) is 12.2. The molecule has 0 fully saturated rings. The first-order valence-electron chi connectivity index (χ1n) is 5.19. The van der Waals surface area contributed by atoms with E-state index in [0.29, 0.717) is 13.1 Å². The van der Waals surface area contributed by atoms with Gasteiger partial charge in [-0.1, -0.05) is 18.2 Å². The predicted molar refractivity (Wildman–Crippen MR) is 63.2 cm³/mol. The Kier molecular flexibility index (Phi) is 4.51. The SMILES string of the molecule is CC(=O)NCCN(C(C)=O)c1ccccc1. The van der Waals surface area contributed by atoms with Gasteiger partial charge < -0.3 is 10.2 Å². The third kappa shape index (κ3) is 3.73. The fraction of sp³-hybridized carbons (Fsp3) is 0.333. The smallest absolute Gasteiger partial charge is 0.223 e. The third-order valence-electron chi connectivity index (χ3n) is 2.16. The molecule has 0 aliphatic rings. The van der Waals surface area contributed by atoms with Gasteiger partial charge in [-0.05, 0) is 12.1 Å². The first-order chi connectivity index (χ1) is 7.61. The van der Waals surface area contributed by atoms with E-state index in [4.69, 9.17) is 0 Å². The van der Waals surface area contributed by atoms with Crippen molar-refractivity contribution in [1.82, 2.24) is 5.32 Å². The molecule has 0 atom stereocenters. The second kappa shape index (κ2) is 5.90. The van der Waals surface area contributed by atoms with Crippen molar-refractivity contribution in [2.75, 3.05) is 18.0 Å². The van der Waals surface area contributed by atoms with Crippen molar-refractivity contribution in [2.24, 2.45) is 0 Å². The van der Waals surface area contributed by atoms with Crippen LogP contribution >= 0.6 is 0 Å². The zero-order valence-corrected chi connectivity index (χ0v) is 9.56. The first-order valence-corrected chi connectivity index (χ1v) is 5.19. The fourth-order valence-corrected chi connectivity index (χ4v) is 1.42. The van der Waals surface area contributed by atoms with Gasteiger partial charge >= 0.3 is 0 Å². The largest absolute Gasteiger partial charge is 0.355 e. The molecule has 1 aromatic carbocycles. The van der Waals surface area contributed by atoms with Gasteiger partial charge in [-0.3, -0.25) is 9.59 Å². The van der Waals surface area contributed by atoms with Crippen LogP contribution in [0.1, 0.15) is 13.8 Å². The lowest BCUT2D eigenvalue weighted by Crippen LogP contribution is -2.36.